The molecule has 102 valence electrons. The predicted molar refractivity (Wildman–Crippen MR) is 75.5 cm³/mol. The molecule has 1 aliphatic carbocycles. The summed E-state index contributed by atoms with van der Waals surface area (Å²) < 4.78 is 2.01. The van der Waals surface area contributed by atoms with Crippen LogP contribution in [0.25, 0.3) is 0 Å². The quantitative estimate of drug-likeness (QED) is 0.805. The molecule has 1 aliphatic rings. The van der Waals surface area contributed by atoms with Crippen LogP contribution in [0.1, 0.15) is 44.7 Å². The molecule has 1 unspecified atom stereocenters. The molecule has 0 spiro atoms. The van der Waals surface area contributed by atoms with E-state index in [0.29, 0.717) is 0 Å². The third-order valence-corrected chi connectivity index (χ3v) is 4.42. The minimum absolute atomic E-state index is 0.849. The first-order valence-electron chi connectivity index (χ1n) is 7.49. The van der Waals surface area contributed by atoms with Gasteiger partial charge >= 0.3 is 0 Å². The van der Waals surface area contributed by atoms with E-state index in [1.165, 1.54) is 50.8 Å². The maximum absolute atomic E-state index is 4.26. The molecule has 0 aliphatic heterocycles. The van der Waals surface area contributed by atoms with Crippen LogP contribution in [0.2, 0.25) is 0 Å². The fourth-order valence-electron chi connectivity index (χ4n) is 3.24. The molecule has 1 heterocycles. The first kappa shape index (κ1) is 13.6. The summed E-state index contributed by atoms with van der Waals surface area (Å²) in [6.45, 7) is 4.49. The Balaban J connectivity index is 1.86. The molecule has 1 fully saturated rings. The standard InChI is InChI=1S/C15H27N3/c1-3-16-12-14(13-6-4-5-7-13)8-9-15-10-11-17-18(15)2/h10-11,13-14,16H,3-9,12H2,1-2H3. The average Bonchev–Trinajstić information content (AvgIpc) is 3.01. The van der Waals surface area contributed by atoms with Gasteiger partial charge in [-0.25, -0.2) is 0 Å². The first-order chi connectivity index (χ1) is 8.81. The molecule has 0 bridgehead atoms. The van der Waals surface area contributed by atoms with Crippen molar-refractivity contribution in [2.75, 3.05) is 13.1 Å². The van der Waals surface area contributed by atoms with E-state index in [4.69, 9.17) is 0 Å². The van der Waals surface area contributed by atoms with Gasteiger partial charge in [-0.3, -0.25) is 4.68 Å². The largest absolute Gasteiger partial charge is 0.317 e. The molecule has 0 amide bonds. The lowest BCUT2D eigenvalue weighted by atomic mass is 9.86. The smallest absolute Gasteiger partial charge is 0.0492 e. The summed E-state index contributed by atoms with van der Waals surface area (Å²) in [5, 5.41) is 7.80. The van der Waals surface area contributed by atoms with E-state index in [2.05, 4.69) is 23.4 Å². The van der Waals surface area contributed by atoms with E-state index < -0.39 is 0 Å². The first-order valence-corrected chi connectivity index (χ1v) is 7.49. The van der Waals surface area contributed by atoms with Gasteiger partial charge in [0.25, 0.3) is 0 Å². The minimum Gasteiger partial charge on any atom is -0.317 e. The average molecular weight is 249 g/mol. The Morgan fingerprint density at radius 2 is 2.22 bits per heavy atom. The molecule has 0 saturated heterocycles. The van der Waals surface area contributed by atoms with Gasteiger partial charge in [-0.1, -0.05) is 32.6 Å². The zero-order valence-corrected chi connectivity index (χ0v) is 11.9. The lowest BCUT2D eigenvalue weighted by molar-refractivity contribution is 0.305. The van der Waals surface area contributed by atoms with Gasteiger partial charge < -0.3 is 5.32 Å². The Morgan fingerprint density at radius 3 is 2.83 bits per heavy atom. The predicted octanol–water partition coefficient (Wildman–Crippen LogP) is 2.77. The monoisotopic (exact) mass is 249 g/mol. The Hall–Kier alpha value is -0.830. The molecule has 1 saturated carbocycles. The van der Waals surface area contributed by atoms with E-state index in [0.717, 1.165) is 18.4 Å². The molecule has 3 nitrogen and oxygen atoms in total. The van der Waals surface area contributed by atoms with Gasteiger partial charge in [0.2, 0.25) is 0 Å². The molecule has 2 rings (SSSR count). The van der Waals surface area contributed by atoms with E-state index >= 15 is 0 Å². The van der Waals surface area contributed by atoms with Gasteiger partial charge in [-0.2, -0.15) is 5.10 Å². The number of aryl methyl sites for hydroxylation is 2. The second-order valence-electron chi connectivity index (χ2n) is 5.60. The zero-order chi connectivity index (χ0) is 12.8. The van der Waals surface area contributed by atoms with Crippen molar-refractivity contribution < 1.29 is 0 Å². The van der Waals surface area contributed by atoms with Crippen molar-refractivity contribution in [2.45, 2.75) is 45.4 Å². The molecular formula is C15H27N3. The molecule has 1 aromatic heterocycles. The highest BCUT2D eigenvalue weighted by atomic mass is 15.2. The van der Waals surface area contributed by atoms with Crippen molar-refractivity contribution in [3.05, 3.63) is 18.0 Å². The molecule has 1 atom stereocenters. The number of nitrogens with zero attached hydrogens (tertiary/aromatic N) is 2. The Kier molecular flexibility index (Phi) is 5.24. The van der Waals surface area contributed by atoms with Crippen molar-refractivity contribution in [1.82, 2.24) is 15.1 Å². The van der Waals surface area contributed by atoms with Gasteiger partial charge in [0.15, 0.2) is 0 Å². The summed E-state index contributed by atoms with van der Waals surface area (Å²) in [6, 6.07) is 2.15. The number of hydrogen-bond donors (Lipinski definition) is 1. The van der Waals surface area contributed by atoms with Gasteiger partial charge in [-0.15, -0.1) is 0 Å². The van der Waals surface area contributed by atoms with Crippen LogP contribution >= 0.6 is 0 Å². The topological polar surface area (TPSA) is 29.9 Å². The van der Waals surface area contributed by atoms with Gasteiger partial charge in [0.05, 0.1) is 0 Å². The van der Waals surface area contributed by atoms with Gasteiger partial charge in [-0.05, 0) is 43.8 Å². The molecular weight excluding hydrogens is 222 g/mol. The van der Waals surface area contributed by atoms with E-state index in [1.807, 2.05) is 17.9 Å². The fourth-order valence-corrected chi connectivity index (χ4v) is 3.24. The molecule has 1 aromatic rings. The van der Waals surface area contributed by atoms with E-state index in [-0.39, 0.29) is 0 Å². The SMILES string of the molecule is CCNCC(CCc1ccnn1C)C1CCCC1. The number of hydrogen-bond acceptors (Lipinski definition) is 2. The maximum Gasteiger partial charge on any atom is 0.0492 e. The second kappa shape index (κ2) is 6.93. The van der Waals surface area contributed by atoms with Crippen molar-refractivity contribution in [2.24, 2.45) is 18.9 Å². The number of aromatic nitrogens is 2. The lowest BCUT2D eigenvalue weighted by Crippen LogP contribution is -2.27. The Morgan fingerprint density at radius 1 is 1.44 bits per heavy atom. The highest BCUT2D eigenvalue weighted by Gasteiger charge is 2.24. The summed E-state index contributed by atoms with van der Waals surface area (Å²) in [6.07, 6.45) is 10.2. The fraction of sp³-hybridized carbons (Fsp3) is 0.800. The maximum atomic E-state index is 4.26. The highest BCUT2D eigenvalue weighted by molar-refractivity contribution is 5.00. The van der Waals surface area contributed by atoms with Crippen LogP contribution in [0, 0.1) is 11.8 Å². The molecule has 0 aromatic carbocycles. The van der Waals surface area contributed by atoms with Crippen molar-refractivity contribution in [3.8, 4) is 0 Å². The summed E-state index contributed by atoms with van der Waals surface area (Å²) >= 11 is 0. The third kappa shape index (κ3) is 3.58. The van der Waals surface area contributed by atoms with Crippen molar-refractivity contribution >= 4 is 0 Å². The normalized spacial score (nSPS) is 18.3. The molecule has 3 heteroatoms. The van der Waals surface area contributed by atoms with Crippen molar-refractivity contribution in [1.29, 1.82) is 0 Å². The highest BCUT2D eigenvalue weighted by Crippen LogP contribution is 2.33. The Labute approximate surface area is 111 Å². The van der Waals surface area contributed by atoms with Crippen LogP contribution in [0.4, 0.5) is 0 Å². The van der Waals surface area contributed by atoms with Crippen molar-refractivity contribution in [3.63, 3.8) is 0 Å². The summed E-state index contributed by atoms with van der Waals surface area (Å²) in [5.74, 6) is 1.81. The van der Waals surface area contributed by atoms with E-state index in [9.17, 15) is 0 Å². The van der Waals surface area contributed by atoms with E-state index in [1.54, 1.807) is 0 Å². The Bertz CT molecular complexity index is 339. The van der Waals surface area contributed by atoms with Crippen LogP contribution in [-0.4, -0.2) is 22.9 Å². The van der Waals surface area contributed by atoms with Crippen LogP contribution in [-0.2, 0) is 13.5 Å². The molecule has 0 radical (unpaired) electrons. The summed E-state index contributed by atoms with van der Waals surface area (Å²) in [7, 11) is 2.05. The van der Waals surface area contributed by atoms with Gasteiger partial charge in [0, 0.05) is 18.9 Å². The lowest BCUT2D eigenvalue weighted by Gasteiger charge is -2.23. The summed E-state index contributed by atoms with van der Waals surface area (Å²) in [4.78, 5) is 0. The third-order valence-electron chi connectivity index (χ3n) is 4.42. The number of nitrogens with one attached hydrogen (secondary N) is 1. The van der Waals surface area contributed by atoms with Gasteiger partial charge in [0.1, 0.15) is 0 Å². The number of rotatable bonds is 7. The van der Waals surface area contributed by atoms with Crippen LogP contribution in [0.15, 0.2) is 12.3 Å². The zero-order valence-electron chi connectivity index (χ0n) is 11.9. The molecule has 1 N–H and O–H groups in total. The van der Waals surface area contributed by atoms with Crippen LogP contribution in [0.3, 0.4) is 0 Å². The van der Waals surface area contributed by atoms with Crippen LogP contribution in [0.5, 0.6) is 0 Å². The second-order valence-corrected chi connectivity index (χ2v) is 5.60. The minimum atomic E-state index is 0.849. The summed E-state index contributed by atoms with van der Waals surface area (Å²) in [5.41, 5.74) is 1.37. The molecule has 18 heavy (non-hydrogen) atoms. The van der Waals surface area contributed by atoms with Crippen LogP contribution < -0.4 is 5.32 Å².